The van der Waals surface area contributed by atoms with Crippen molar-refractivity contribution in [1.82, 2.24) is 24.9 Å². The molecule has 1 aliphatic rings. The topological polar surface area (TPSA) is 96.3 Å². The minimum absolute atomic E-state index is 0.0329. The van der Waals surface area contributed by atoms with Crippen LogP contribution < -0.4 is 4.74 Å². The maximum absolute atomic E-state index is 12.1. The molecule has 37 heavy (non-hydrogen) atoms. The molecule has 4 aromatic rings. The van der Waals surface area contributed by atoms with E-state index >= 15 is 0 Å². The number of carbonyl (C=O) groups is 1. The molecule has 1 aliphatic heterocycles. The van der Waals surface area contributed by atoms with E-state index in [2.05, 4.69) is 28.4 Å². The molecule has 9 heteroatoms. The van der Waals surface area contributed by atoms with E-state index in [0.29, 0.717) is 23.9 Å². The second-order valence-corrected chi connectivity index (χ2v) is 9.70. The van der Waals surface area contributed by atoms with Crippen LogP contribution in [0.3, 0.4) is 0 Å². The largest absolute Gasteiger partial charge is 0.491 e. The first-order valence-electron chi connectivity index (χ1n) is 12.4. The van der Waals surface area contributed by atoms with E-state index in [4.69, 9.17) is 26.5 Å². The van der Waals surface area contributed by atoms with Gasteiger partial charge >= 0.3 is 0 Å². The molecule has 0 saturated carbocycles. The summed E-state index contributed by atoms with van der Waals surface area (Å²) in [4.78, 5) is 13.9. The van der Waals surface area contributed by atoms with Crippen molar-refractivity contribution in [1.29, 1.82) is 0 Å². The van der Waals surface area contributed by atoms with E-state index in [1.807, 2.05) is 48.4 Å². The molecule has 5 rings (SSSR count). The number of H-pyrrole nitrogens is 1. The van der Waals surface area contributed by atoms with Crippen LogP contribution in [0.25, 0.3) is 33.3 Å². The van der Waals surface area contributed by atoms with Gasteiger partial charge in [-0.3, -0.25) is 14.6 Å². The number of amides is 1. The summed E-state index contributed by atoms with van der Waals surface area (Å²) in [5.74, 6) is 0.648. The van der Waals surface area contributed by atoms with Gasteiger partial charge < -0.3 is 14.7 Å². The number of nitrogens with one attached hydrogen (secondary N) is 1. The molecule has 2 N–H and O–H groups in total. The molecule has 0 radical (unpaired) electrons. The van der Waals surface area contributed by atoms with Crippen molar-refractivity contribution in [3.8, 4) is 28.1 Å². The summed E-state index contributed by atoms with van der Waals surface area (Å²) in [6.45, 7) is 9.21. The lowest BCUT2D eigenvalue weighted by Crippen LogP contribution is -2.38. The number of aromatic amines is 1. The van der Waals surface area contributed by atoms with Crippen LogP contribution in [0.5, 0.6) is 5.75 Å². The van der Waals surface area contributed by atoms with Gasteiger partial charge in [0, 0.05) is 40.9 Å². The van der Waals surface area contributed by atoms with Crippen LogP contribution >= 0.6 is 11.6 Å². The lowest BCUT2D eigenvalue weighted by atomic mass is 9.94. The molecular weight excluding hydrogens is 490 g/mol. The van der Waals surface area contributed by atoms with Gasteiger partial charge in [0.1, 0.15) is 18.1 Å². The van der Waals surface area contributed by atoms with Gasteiger partial charge in [-0.2, -0.15) is 10.2 Å². The van der Waals surface area contributed by atoms with Gasteiger partial charge in [-0.25, -0.2) is 0 Å². The summed E-state index contributed by atoms with van der Waals surface area (Å²) in [7, 11) is 0. The Labute approximate surface area is 220 Å². The summed E-state index contributed by atoms with van der Waals surface area (Å²) in [5, 5.41) is 23.2. The van der Waals surface area contributed by atoms with Crippen molar-refractivity contribution < 1.29 is 14.6 Å². The van der Waals surface area contributed by atoms with Crippen LogP contribution in [0.2, 0.25) is 5.02 Å². The molecule has 0 atom stereocenters. The summed E-state index contributed by atoms with van der Waals surface area (Å²) >= 11 is 6.97. The van der Waals surface area contributed by atoms with Crippen molar-refractivity contribution in [3.63, 3.8) is 0 Å². The first-order valence-corrected chi connectivity index (χ1v) is 12.8. The van der Waals surface area contributed by atoms with Crippen LogP contribution in [0.4, 0.5) is 0 Å². The average Bonchev–Trinajstić information content (AvgIpc) is 3.52. The molecule has 2 aromatic carbocycles. The predicted octanol–water partition coefficient (Wildman–Crippen LogP) is 5.08. The molecule has 1 saturated heterocycles. The minimum Gasteiger partial charge on any atom is -0.491 e. The lowest BCUT2D eigenvalue weighted by Gasteiger charge is -2.32. The van der Waals surface area contributed by atoms with Crippen LogP contribution in [0.1, 0.15) is 30.1 Å². The molecule has 8 nitrogen and oxygen atoms in total. The summed E-state index contributed by atoms with van der Waals surface area (Å²) in [5.41, 5.74) is 6.51. The molecule has 0 aliphatic carbocycles. The Bertz CT molecular complexity index is 1450. The van der Waals surface area contributed by atoms with Crippen molar-refractivity contribution in [2.45, 2.75) is 32.7 Å². The van der Waals surface area contributed by atoms with Gasteiger partial charge in [-0.1, -0.05) is 18.2 Å². The van der Waals surface area contributed by atoms with Crippen LogP contribution in [-0.2, 0) is 4.79 Å². The number of ether oxygens (including phenoxy) is 1. The Morgan fingerprint density at radius 1 is 1.24 bits per heavy atom. The highest BCUT2D eigenvalue weighted by molar-refractivity contribution is 6.36. The van der Waals surface area contributed by atoms with Gasteiger partial charge in [0.05, 0.1) is 29.4 Å². The molecule has 2 aromatic heterocycles. The second kappa shape index (κ2) is 10.4. The zero-order valence-electron chi connectivity index (χ0n) is 21.0. The number of aliphatic hydroxyl groups excluding tert-OH is 1. The highest BCUT2D eigenvalue weighted by Crippen LogP contribution is 2.44. The van der Waals surface area contributed by atoms with Crippen molar-refractivity contribution >= 4 is 28.4 Å². The Balaban J connectivity index is 1.63. The van der Waals surface area contributed by atoms with Crippen molar-refractivity contribution in [3.05, 3.63) is 65.5 Å². The van der Waals surface area contributed by atoms with Gasteiger partial charge in [0.2, 0.25) is 5.91 Å². The highest BCUT2D eigenvalue weighted by atomic mass is 35.5. The van der Waals surface area contributed by atoms with E-state index in [1.54, 1.807) is 0 Å². The third-order valence-electron chi connectivity index (χ3n) is 7.05. The monoisotopic (exact) mass is 519 g/mol. The molecule has 0 spiro atoms. The quantitative estimate of drug-likeness (QED) is 0.332. The Morgan fingerprint density at radius 3 is 2.65 bits per heavy atom. The predicted molar refractivity (Wildman–Crippen MR) is 145 cm³/mol. The Hall–Kier alpha value is -3.62. The first kappa shape index (κ1) is 25.0. The SMILES string of the molecule is C=CC(=O)N1CCC(n2nc(-c3ccc(OCCO)cc3)c(-c3c(Cl)c(C)cc4[nH]ncc34)c2C)CC1. The molecule has 0 unspecified atom stereocenters. The number of aliphatic hydroxyl groups is 1. The number of rotatable bonds is 7. The van der Waals surface area contributed by atoms with Gasteiger partial charge in [-0.05, 0) is 68.7 Å². The number of aryl methyl sites for hydroxylation is 1. The van der Waals surface area contributed by atoms with Crippen LogP contribution in [-0.4, -0.2) is 62.2 Å². The summed E-state index contributed by atoms with van der Waals surface area (Å²) < 4.78 is 7.66. The van der Waals surface area contributed by atoms with E-state index in [1.165, 1.54) is 6.08 Å². The van der Waals surface area contributed by atoms with Gasteiger partial charge in [0.15, 0.2) is 0 Å². The standard InChI is InChI=1S/C28H30ClN5O3/c1-4-24(36)33-11-9-20(10-12-33)34-18(3)25(26-22-16-30-31-23(22)15-17(2)27(26)29)28(32-34)19-5-7-21(8-6-19)37-14-13-35/h4-8,15-16,20,35H,1,9-14H2,2-3H3,(H,30,31). The molecule has 1 amide bonds. The third kappa shape index (κ3) is 4.63. The smallest absolute Gasteiger partial charge is 0.245 e. The molecular formula is C28H30ClN5O3. The lowest BCUT2D eigenvalue weighted by molar-refractivity contribution is -0.127. The number of carbonyl (C=O) groups excluding carboxylic acids is 1. The van der Waals surface area contributed by atoms with Crippen molar-refractivity contribution in [2.24, 2.45) is 0 Å². The number of halogens is 1. The van der Waals surface area contributed by atoms with E-state index < -0.39 is 0 Å². The van der Waals surface area contributed by atoms with E-state index in [9.17, 15) is 4.79 Å². The zero-order valence-corrected chi connectivity index (χ0v) is 21.8. The van der Waals surface area contributed by atoms with Crippen LogP contribution in [0.15, 0.2) is 49.2 Å². The number of benzene rings is 2. The summed E-state index contributed by atoms with van der Waals surface area (Å²) in [6, 6.07) is 9.87. The second-order valence-electron chi connectivity index (χ2n) is 9.32. The number of nitrogens with zero attached hydrogens (tertiary/aromatic N) is 4. The number of piperidine rings is 1. The van der Waals surface area contributed by atoms with Gasteiger partial charge in [-0.15, -0.1) is 0 Å². The third-order valence-corrected chi connectivity index (χ3v) is 7.54. The normalized spacial score (nSPS) is 14.3. The molecule has 0 bridgehead atoms. The number of aromatic nitrogens is 4. The number of hydrogen-bond donors (Lipinski definition) is 2. The molecule has 3 heterocycles. The molecule has 192 valence electrons. The fraction of sp³-hybridized carbons (Fsp3) is 0.321. The van der Waals surface area contributed by atoms with Gasteiger partial charge in [0.25, 0.3) is 0 Å². The fourth-order valence-electron chi connectivity index (χ4n) is 5.15. The minimum atomic E-state index is -0.0424. The Morgan fingerprint density at radius 2 is 1.97 bits per heavy atom. The number of hydrogen-bond acceptors (Lipinski definition) is 5. The highest BCUT2D eigenvalue weighted by Gasteiger charge is 2.29. The summed E-state index contributed by atoms with van der Waals surface area (Å²) in [6.07, 6.45) is 4.79. The number of likely N-dealkylation sites (tertiary alicyclic amines) is 1. The first-order chi connectivity index (χ1) is 17.9. The molecule has 1 fully saturated rings. The zero-order chi connectivity index (χ0) is 26.1. The average molecular weight is 520 g/mol. The van der Waals surface area contributed by atoms with Crippen molar-refractivity contribution in [2.75, 3.05) is 26.3 Å². The van der Waals surface area contributed by atoms with E-state index in [-0.39, 0.29) is 25.2 Å². The number of fused-ring (bicyclic) bond motifs is 1. The fourth-order valence-corrected chi connectivity index (χ4v) is 5.40. The van der Waals surface area contributed by atoms with Crippen LogP contribution in [0, 0.1) is 13.8 Å². The maximum Gasteiger partial charge on any atom is 0.245 e. The Kier molecular flexibility index (Phi) is 7.04. The maximum atomic E-state index is 12.1. The van der Waals surface area contributed by atoms with E-state index in [0.717, 1.165) is 57.4 Å².